The molecule has 0 aromatic heterocycles. The van der Waals surface area contributed by atoms with Gasteiger partial charge in [-0.05, 0) is 48.9 Å². The maximum Gasteiger partial charge on any atom is 0.251 e. The molecule has 6 nitrogen and oxygen atoms in total. The van der Waals surface area contributed by atoms with Gasteiger partial charge in [-0.25, -0.2) is 0 Å². The van der Waals surface area contributed by atoms with Crippen molar-refractivity contribution in [3.8, 4) is 11.5 Å². The number of carbonyl (C=O) groups is 2. The lowest BCUT2D eigenvalue weighted by Crippen LogP contribution is -2.37. The monoisotopic (exact) mass is 390 g/mol. The number of nitrogens with zero attached hydrogens (tertiary/aromatic N) is 1. The van der Waals surface area contributed by atoms with Crippen LogP contribution in [0.3, 0.4) is 0 Å². The number of ether oxygens (including phenoxy) is 2. The molecule has 0 saturated heterocycles. The van der Waals surface area contributed by atoms with Crippen molar-refractivity contribution in [2.45, 2.75) is 13.8 Å². The van der Waals surface area contributed by atoms with Gasteiger partial charge in [-0.2, -0.15) is 0 Å². The van der Waals surface area contributed by atoms with Gasteiger partial charge in [0.25, 0.3) is 5.91 Å². The Morgan fingerprint density at radius 2 is 1.78 bits per heavy atom. The van der Waals surface area contributed by atoms with Crippen molar-refractivity contribution in [2.75, 3.05) is 32.2 Å². The Balaban J connectivity index is 2.04. The van der Waals surface area contributed by atoms with Crippen molar-refractivity contribution in [1.29, 1.82) is 0 Å². The van der Waals surface area contributed by atoms with Gasteiger partial charge < -0.3 is 19.7 Å². The Morgan fingerprint density at radius 1 is 1.07 bits per heavy atom. The zero-order valence-corrected chi connectivity index (χ0v) is 16.6. The van der Waals surface area contributed by atoms with Crippen LogP contribution in [-0.4, -0.2) is 39.1 Å². The highest BCUT2D eigenvalue weighted by Crippen LogP contribution is 2.27. The van der Waals surface area contributed by atoms with Crippen LogP contribution < -0.4 is 19.7 Å². The first-order valence-corrected chi connectivity index (χ1v) is 8.79. The van der Waals surface area contributed by atoms with E-state index in [9.17, 15) is 9.59 Å². The molecular weight excluding hydrogens is 368 g/mol. The van der Waals surface area contributed by atoms with Crippen LogP contribution in [0.25, 0.3) is 0 Å². The number of aryl methyl sites for hydroxylation is 1. The number of rotatable bonds is 7. The van der Waals surface area contributed by atoms with E-state index >= 15 is 0 Å². The Bertz CT molecular complexity index is 839. The molecule has 0 bridgehead atoms. The second kappa shape index (κ2) is 9.28. The van der Waals surface area contributed by atoms with Gasteiger partial charge in [0.05, 0.1) is 14.2 Å². The molecule has 0 saturated carbocycles. The molecule has 0 aliphatic rings. The minimum Gasteiger partial charge on any atom is -0.493 e. The Labute approximate surface area is 164 Å². The minimum absolute atomic E-state index is 0.110. The molecule has 0 aliphatic heterocycles. The summed E-state index contributed by atoms with van der Waals surface area (Å²) >= 11 is 5.98. The second-order valence-electron chi connectivity index (χ2n) is 5.93. The van der Waals surface area contributed by atoms with Gasteiger partial charge in [0.2, 0.25) is 5.91 Å². The summed E-state index contributed by atoms with van der Waals surface area (Å²) in [6.45, 7) is 4.02. The van der Waals surface area contributed by atoms with Gasteiger partial charge in [0, 0.05) is 36.3 Å². The van der Waals surface area contributed by atoms with Crippen molar-refractivity contribution in [3.05, 3.63) is 52.5 Å². The molecule has 0 heterocycles. The van der Waals surface area contributed by atoms with Crippen LogP contribution in [0.5, 0.6) is 11.5 Å². The lowest BCUT2D eigenvalue weighted by atomic mass is 10.1. The highest BCUT2D eigenvalue weighted by atomic mass is 35.5. The van der Waals surface area contributed by atoms with Crippen LogP contribution in [-0.2, 0) is 4.79 Å². The molecule has 1 N–H and O–H groups in total. The first-order chi connectivity index (χ1) is 12.9. The van der Waals surface area contributed by atoms with Crippen molar-refractivity contribution >= 4 is 29.1 Å². The molecule has 2 rings (SSSR count). The van der Waals surface area contributed by atoms with Crippen LogP contribution in [0.15, 0.2) is 36.4 Å². The Morgan fingerprint density at radius 3 is 2.37 bits per heavy atom. The van der Waals surface area contributed by atoms with Crippen LogP contribution >= 0.6 is 11.6 Å². The van der Waals surface area contributed by atoms with Gasteiger partial charge >= 0.3 is 0 Å². The van der Waals surface area contributed by atoms with Gasteiger partial charge in [0.15, 0.2) is 11.5 Å². The molecule has 0 aliphatic carbocycles. The van der Waals surface area contributed by atoms with Gasteiger partial charge in [-0.3, -0.25) is 9.59 Å². The number of nitrogens with one attached hydrogen (secondary N) is 1. The minimum atomic E-state index is -0.257. The highest BCUT2D eigenvalue weighted by molar-refractivity contribution is 6.30. The van der Waals surface area contributed by atoms with Crippen LogP contribution in [0.1, 0.15) is 22.8 Å². The van der Waals surface area contributed by atoms with E-state index in [1.54, 1.807) is 41.3 Å². The summed E-state index contributed by atoms with van der Waals surface area (Å²) in [4.78, 5) is 26.0. The Hall–Kier alpha value is -2.73. The van der Waals surface area contributed by atoms with Crippen molar-refractivity contribution in [1.82, 2.24) is 5.32 Å². The third-order valence-corrected chi connectivity index (χ3v) is 4.33. The van der Waals surface area contributed by atoms with Crippen LogP contribution in [0.4, 0.5) is 5.69 Å². The fourth-order valence-electron chi connectivity index (χ4n) is 2.73. The normalized spacial score (nSPS) is 10.3. The number of amides is 2. The predicted molar refractivity (Wildman–Crippen MR) is 106 cm³/mol. The summed E-state index contributed by atoms with van der Waals surface area (Å²) in [5.41, 5.74) is 2.11. The maximum atomic E-state index is 12.4. The predicted octanol–water partition coefficient (Wildman–Crippen LogP) is 3.45. The molecule has 0 atom stereocenters. The molecule has 0 fully saturated rings. The average molecular weight is 391 g/mol. The molecule has 2 aromatic rings. The van der Waals surface area contributed by atoms with E-state index in [-0.39, 0.29) is 11.8 Å². The first kappa shape index (κ1) is 20.6. The summed E-state index contributed by atoms with van der Waals surface area (Å²) in [6.07, 6.45) is 0. The molecule has 0 spiro atoms. The van der Waals surface area contributed by atoms with E-state index in [1.165, 1.54) is 21.1 Å². The van der Waals surface area contributed by atoms with E-state index in [1.807, 2.05) is 6.92 Å². The summed E-state index contributed by atoms with van der Waals surface area (Å²) < 4.78 is 10.4. The molecule has 144 valence electrons. The smallest absolute Gasteiger partial charge is 0.251 e. The lowest BCUT2D eigenvalue weighted by molar-refractivity contribution is -0.116. The van der Waals surface area contributed by atoms with Gasteiger partial charge in [-0.1, -0.05) is 11.6 Å². The van der Waals surface area contributed by atoms with E-state index < -0.39 is 0 Å². The molecule has 2 aromatic carbocycles. The molecule has 27 heavy (non-hydrogen) atoms. The lowest BCUT2D eigenvalue weighted by Gasteiger charge is -2.23. The summed E-state index contributed by atoms with van der Waals surface area (Å²) in [6, 6.07) is 10.3. The average Bonchev–Trinajstić information content (AvgIpc) is 2.65. The number of carbonyl (C=O) groups excluding carboxylic acids is 2. The number of hydrogen-bond acceptors (Lipinski definition) is 4. The van der Waals surface area contributed by atoms with Gasteiger partial charge in [-0.15, -0.1) is 0 Å². The molecule has 0 radical (unpaired) electrons. The van der Waals surface area contributed by atoms with Gasteiger partial charge in [0.1, 0.15) is 0 Å². The quantitative estimate of drug-likeness (QED) is 0.786. The third-order valence-electron chi connectivity index (χ3n) is 4.10. The van der Waals surface area contributed by atoms with Crippen LogP contribution in [0, 0.1) is 6.92 Å². The summed E-state index contributed by atoms with van der Waals surface area (Å²) in [5, 5.41) is 3.43. The zero-order chi connectivity index (χ0) is 20.0. The number of methoxy groups -OCH3 is 2. The van der Waals surface area contributed by atoms with Crippen molar-refractivity contribution < 1.29 is 19.1 Å². The molecule has 0 unspecified atom stereocenters. The van der Waals surface area contributed by atoms with E-state index in [2.05, 4.69) is 5.32 Å². The van der Waals surface area contributed by atoms with Crippen molar-refractivity contribution in [2.24, 2.45) is 0 Å². The standard InChI is InChI=1S/C20H23ClN2O4/c1-13-11-16(21)6-7-17(13)23(14(2)24)10-9-22-20(25)15-5-8-18(26-3)19(12-15)27-4/h5-8,11-12H,9-10H2,1-4H3,(H,22,25). The SMILES string of the molecule is COc1ccc(C(=O)NCCN(C(C)=O)c2ccc(Cl)cc2C)cc1OC. The summed E-state index contributed by atoms with van der Waals surface area (Å²) in [5.74, 6) is 0.662. The maximum absolute atomic E-state index is 12.4. The fraction of sp³-hybridized carbons (Fsp3) is 0.300. The number of halogens is 1. The van der Waals surface area contributed by atoms with Crippen molar-refractivity contribution in [3.63, 3.8) is 0 Å². The zero-order valence-electron chi connectivity index (χ0n) is 15.8. The van der Waals surface area contributed by atoms with E-state index in [0.29, 0.717) is 35.2 Å². The van der Waals surface area contributed by atoms with E-state index in [0.717, 1.165) is 11.3 Å². The summed E-state index contributed by atoms with van der Waals surface area (Å²) in [7, 11) is 3.05. The molecule has 2 amide bonds. The number of benzene rings is 2. The fourth-order valence-corrected chi connectivity index (χ4v) is 2.96. The Kier molecular flexibility index (Phi) is 7.07. The number of anilines is 1. The van der Waals surface area contributed by atoms with Crippen LogP contribution in [0.2, 0.25) is 5.02 Å². The topological polar surface area (TPSA) is 67.9 Å². The number of hydrogen-bond donors (Lipinski definition) is 1. The second-order valence-corrected chi connectivity index (χ2v) is 6.36. The molecular formula is C20H23ClN2O4. The third kappa shape index (κ3) is 5.14. The first-order valence-electron chi connectivity index (χ1n) is 8.42. The van der Waals surface area contributed by atoms with E-state index in [4.69, 9.17) is 21.1 Å². The largest absolute Gasteiger partial charge is 0.493 e. The molecule has 7 heteroatoms. The highest BCUT2D eigenvalue weighted by Gasteiger charge is 2.15.